The van der Waals surface area contributed by atoms with Gasteiger partial charge in [-0.15, -0.1) is 11.6 Å². The van der Waals surface area contributed by atoms with Gasteiger partial charge in [0.1, 0.15) is 13.2 Å². The maximum atomic E-state index is 6.68. The SMILES string of the molecule is CCCCC(CC)C(Cl)c1cc2c(cc1Cl)OCCO2. The predicted molar refractivity (Wildman–Crippen MR) is 84.3 cm³/mol. The molecule has 0 amide bonds. The normalized spacial score (nSPS) is 16.8. The number of fused-ring (bicyclic) bond motifs is 1. The molecule has 0 saturated heterocycles. The standard InChI is InChI=1S/C16H22Cl2O2/c1-3-5-6-11(4-2)16(18)12-9-14-15(10-13(12)17)20-8-7-19-14/h9-11,16H,3-8H2,1-2H3. The third-order valence-corrected chi connectivity index (χ3v) is 4.74. The summed E-state index contributed by atoms with van der Waals surface area (Å²) in [5.74, 6) is 1.92. The molecule has 112 valence electrons. The van der Waals surface area contributed by atoms with E-state index in [1.165, 1.54) is 12.8 Å². The molecular formula is C16H22Cl2O2. The van der Waals surface area contributed by atoms with E-state index in [1.54, 1.807) is 0 Å². The van der Waals surface area contributed by atoms with Gasteiger partial charge in [-0.1, -0.05) is 44.7 Å². The zero-order valence-corrected chi connectivity index (χ0v) is 13.6. The Morgan fingerprint density at radius 1 is 1.15 bits per heavy atom. The van der Waals surface area contributed by atoms with Crippen LogP contribution in [-0.4, -0.2) is 13.2 Å². The molecule has 0 aromatic heterocycles. The summed E-state index contributed by atoms with van der Waals surface area (Å²) >= 11 is 13.0. The summed E-state index contributed by atoms with van der Waals surface area (Å²) in [7, 11) is 0. The van der Waals surface area contributed by atoms with Crippen molar-refractivity contribution >= 4 is 23.2 Å². The number of rotatable bonds is 6. The second-order valence-electron chi connectivity index (χ2n) is 5.23. The van der Waals surface area contributed by atoms with Crippen molar-refractivity contribution < 1.29 is 9.47 Å². The summed E-state index contributed by atoms with van der Waals surface area (Å²) in [6.45, 7) is 5.53. The average molecular weight is 317 g/mol. The molecule has 4 heteroatoms. The Balaban J connectivity index is 2.21. The topological polar surface area (TPSA) is 18.5 Å². The second-order valence-corrected chi connectivity index (χ2v) is 6.11. The van der Waals surface area contributed by atoms with Crippen LogP contribution in [0.3, 0.4) is 0 Å². The van der Waals surface area contributed by atoms with Crippen molar-refractivity contribution in [3.63, 3.8) is 0 Å². The zero-order chi connectivity index (χ0) is 14.5. The van der Waals surface area contributed by atoms with Crippen molar-refractivity contribution in [2.45, 2.75) is 44.9 Å². The van der Waals surface area contributed by atoms with Gasteiger partial charge in [0.25, 0.3) is 0 Å². The molecule has 1 aliphatic heterocycles. The summed E-state index contributed by atoms with van der Waals surface area (Å²) in [5, 5.41) is 0.596. The van der Waals surface area contributed by atoms with E-state index in [0.29, 0.717) is 24.2 Å². The van der Waals surface area contributed by atoms with Gasteiger partial charge >= 0.3 is 0 Å². The lowest BCUT2D eigenvalue weighted by molar-refractivity contribution is 0.171. The van der Waals surface area contributed by atoms with Crippen molar-refractivity contribution in [1.82, 2.24) is 0 Å². The molecule has 1 aromatic rings. The van der Waals surface area contributed by atoms with E-state index in [-0.39, 0.29) is 5.38 Å². The van der Waals surface area contributed by atoms with Crippen LogP contribution in [-0.2, 0) is 0 Å². The number of hydrogen-bond acceptors (Lipinski definition) is 2. The van der Waals surface area contributed by atoms with E-state index in [2.05, 4.69) is 13.8 Å². The van der Waals surface area contributed by atoms with Crippen molar-refractivity contribution in [3.8, 4) is 11.5 Å². The quantitative estimate of drug-likeness (QED) is 0.635. The van der Waals surface area contributed by atoms with Gasteiger partial charge in [0.2, 0.25) is 0 Å². The number of benzene rings is 1. The molecule has 2 unspecified atom stereocenters. The predicted octanol–water partition coefficient (Wildman–Crippen LogP) is 5.61. The fraction of sp³-hybridized carbons (Fsp3) is 0.625. The largest absolute Gasteiger partial charge is 0.486 e. The van der Waals surface area contributed by atoms with Crippen molar-refractivity contribution in [2.75, 3.05) is 13.2 Å². The van der Waals surface area contributed by atoms with E-state index in [0.717, 1.165) is 29.9 Å². The molecule has 2 rings (SSSR count). The van der Waals surface area contributed by atoms with Crippen LogP contribution in [0.5, 0.6) is 11.5 Å². The molecule has 2 nitrogen and oxygen atoms in total. The van der Waals surface area contributed by atoms with E-state index >= 15 is 0 Å². The maximum Gasteiger partial charge on any atom is 0.162 e. The maximum absolute atomic E-state index is 6.68. The first-order valence-electron chi connectivity index (χ1n) is 7.40. The van der Waals surface area contributed by atoms with E-state index in [9.17, 15) is 0 Å². The summed E-state index contributed by atoms with van der Waals surface area (Å²) in [4.78, 5) is 0. The van der Waals surface area contributed by atoms with Crippen LogP contribution in [0.2, 0.25) is 5.02 Å². The summed E-state index contributed by atoms with van der Waals surface area (Å²) < 4.78 is 11.2. The van der Waals surface area contributed by atoms with Gasteiger partial charge in [0.05, 0.1) is 5.38 Å². The van der Waals surface area contributed by atoms with E-state index < -0.39 is 0 Å². The van der Waals surface area contributed by atoms with Crippen molar-refractivity contribution in [1.29, 1.82) is 0 Å². The molecule has 0 N–H and O–H groups in total. The number of hydrogen-bond donors (Lipinski definition) is 0. The zero-order valence-electron chi connectivity index (χ0n) is 12.1. The Morgan fingerprint density at radius 2 is 1.80 bits per heavy atom. The minimum absolute atomic E-state index is 0.0742. The first-order valence-corrected chi connectivity index (χ1v) is 8.21. The molecule has 20 heavy (non-hydrogen) atoms. The van der Waals surface area contributed by atoms with Crippen LogP contribution >= 0.6 is 23.2 Å². The third-order valence-electron chi connectivity index (χ3n) is 3.83. The molecule has 0 bridgehead atoms. The van der Waals surface area contributed by atoms with Crippen LogP contribution < -0.4 is 9.47 Å². The number of ether oxygens (including phenoxy) is 2. The van der Waals surface area contributed by atoms with Gasteiger partial charge < -0.3 is 9.47 Å². The monoisotopic (exact) mass is 316 g/mol. The molecule has 0 spiro atoms. The molecule has 2 atom stereocenters. The molecule has 0 saturated carbocycles. The first-order chi connectivity index (χ1) is 9.67. The average Bonchev–Trinajstić information content (AvgIpc) is 2.47. The fourth-order valence-electron chi connectivity index (χ4n) is 2.57. The lowest BCUT2D eigenvalue weighted by Crippen LogP contribution is -2.16. The fourth-order valence-corrected chi connectivity index (χ4v) is 3.38. The number of halogens is 2. The smallest absolute Gasteiger partial charge is 0.162 e. The highest BCUT2D eigenvalue weighted by atomic mass is 35.5. The van der Waals surface area contributed by atoms with E-state index in [1.807, 2.05) is 12.1 Å². The molecule has 0 fully saturated rings. The van der Waals surface area contributed by atoms with Gasteiger partial charge in [-0.2, -0.15) is 0 Å². The lowest BCUT2D eigenvalue weighted by atomic mass is 9.91. The van der Waals surface area contributed by atoms with Crippen LogP contribution in [0, 0.1) is 5.92 Å². The molecule has 0 radical (unpaired) electrons. The lowest BCUT2D eigenvalue weighted by Gasteiger charge is -2.25. The Kier molecular flexibility index (Phi) is 5.86. The van der Waals surface area contributed by atoms with Gasteiger partial charge in [0, 0.05) is 11.1 Å². The van der Waals surface area contributed by atoms with Crippen molar-refractivity contribution in [3.05, 3.63) is 22.7 Å². The highest BCUT2D eigenvalue weighted by Gasteiger charge is 2.24. The summed E-state index contributed by atoms with van der Waals surface area (Å²) in [6.07, 6.45) is 4.57. The van der Waals surface area contributed by atoms with Gasteiger partial charge in [-0.05, 0) is 24.0 Å². The summed E-state index contributed by atoms with van der Waals surface area (Å²) in [5.41, 5.74) is 0.959. The molecule has 0 aliphatic carbocycles. The Hall–Kier alpha value is -0.600. The van der Waals surface area contributed by atoms with E-state index in [4.69, 9.17) is 32.7 Å². The Labute approximate surface area is 131 Å². The minimum Gasteiger partial charge on any atom is -0.486 e. The van der Waals surface area contributed by atoms with Crippen LogP contribution in [0.1, 0.15) is 50.5 Å². The van der Waals surface area contributed by atoms with Gasteiger partial charge in [-0.25, -0.2) is 0 Å². The van der Waals surface area contributed by atoms with Crippen molar-refractivity contribution in [2.24, 2.45) is 5.92 Å². The number of unbranched alkanes of at least 4 members (excludes halogenated alkanes) is 1. The number of alkyl halides is 1. The van der Waals surface area contributed by atoms with Crippen LogP contribution in [0.15, 0.2) is 12.1 Å². The highest BCUT2D eigenvalue weighted by molar-refractivity contribution is 6.33. The third kappa shape index (κ3) is 3.53. The summed E-state index contributed by atoms with van der Waals surface area (Å²) in [6, 6.07) is 3.77. The molecule has 1 heterocycles. The Morgan fingerprint density at radius 3 is 2.40 bits per heavy atom. The second kappa shape index (κ2) is 7.42. The van der Waals surface area contributed by atoms with Gasteiger partial charge in [0.15, 0.2) is 11.5 Å². The first kappa shape index (κ1) is 15.8. The molecule has 1 aliphatic rings. The Bertz CT molecular complexity index is 448. The molecular weight excluding hydrogens is 295 g/mol. The van der Waals surface area contributed by atoms with Crippen LogP contribution in [0.4, 0.5) is 0 Å². The highest BCUT2D eigenvalue weighted by Crippen LogP contribution is 2.43. The molecule has 1 aromatic carbocycles. The van der Waals surface area contributed by atoms with Crippen LogP contribution in [0.25, 0.3) is 0 Å². The minimum atomic E-state index is -0.0742. The van der Waals surface area contributed by atoms with Gasteiger partial charge in [-0.3, -0.25) is 0 Å².